The van der Waals surface area contributed by atoms with Crippen molar-refractivity contribution >= 4 is 29.2 Å². The maximum absolute atomic E-state index is 10.8. The fourth-order valence-electron chi connectivity index (χ4n) is 2.74. The van der Waals surface area contributed by atoms with Gasteiger partial charge in [0.05, 0.1) is 29.7 Å². The number of rotatable bonds is 7. The molecule has 1 heterocycles. The first-order chi connectivity index (χ1) is 12.6. The molecule has 1 aliphatic heterocycles. The molecule has 0 atom stereocenters. The summed E-state index contributed by atoms with van der Waals surface area (Å²) in [5, 5.41) is 10.8. The van der Waals surface area contributed by atoms with Gasteiger partial charge in [-0.3, -0.25) is 15.1 Å². The summed E-state index contributed by atoms with van der Waals surface area (Å²) in [5.74, 6) is -0.348. The lowest BCUT2D eigenvalue weighted by atomic mass is 10.1. The smallest absolute Gasteiger partial charge is 0.270 e. The predicted octanol–water partition coefficient (Wildman–Crippen LogP) is 4.26. The Morgan fingerprint density at radius 1 is 1.19 bits per heavy atom. The van der Waals surface area contributed by atoms with Crippen LogP contribution in [0.3, 0.4) is 0 Å². The molecule has 0 amide bonds. The largest absolute Gasteiger partial charge is 0.346 e. The van der Waals surface area contributed by atoms with E-state index in [4.69, 9.17) is 21.1 Å². The van der Waals surface area contributed by atoms with Crippen molar-refractivity contribution in [2.45, 2.75) is 18.6 Å². The highest BCUT2D eigenvalue weighted by Crippen LogP contribution is 2.27. The highest BCUT2D eigenvalue weighted by Gasteiger charge is 2.35. The molecule has 1 saturated heterocycles. The maximum Gasteiger partial charge on any atom is 0.270 e. The molecule has 1 aliphatic rings. The Morgan fingerprint density at radius 2 is 1.92 bits per heavy atom. The van der Waals surface area contributed by atoms with Crippen molar-refractivity contribution in [2.75, 3.05) is 19.1 Å². The number of nitrogens with zero attached hydrogens (tertiary/aromatic N) is 2. The number of halogens is 1. The number of non-ortho nitro benzene ring substituents is 1. The number of nitro groups is 1. The Balaban J connectivity index is 1.60. The summed E-state index contributed by atoms with van der Waals surface area (Å²) in [4.78, 5) is 14.7. The molecule has 1 fully saturated rings. The number of hydrogen-bond donors (Lipinski definition) is 0. The standard InChI is InChI=1S/C19H19ClN2O4/c20-14-19(25-10-11-26-19)9-8-15-4-6-17(7-5-15)21-13-16-2-1-3-18(12-16)22(23)24/h1-7,12-13H,8-11,14H2. The summed E-state index contributed by atoms with van der Waals surface area (Å²) in [6, 6.07) is 14.2. The number of hydrogen-bond acceptors (Lipinski definition) is 5. The minimum Gasteiger partial charge on any atom is -0.346 e. The van der Waals surface area contributed by atoms with E-state index in [-0.39, 0.29) is 5.69 Å². The van der Waals surface area contributed by atoms with Gasteiger partial charge in [0, 0.05) is 24.8 Å². The van der Waals surface area contributed by atoms with Crippen molar-refractivity contribution in [1.29, 1.82) is 0 Å². The van der Waals surface area contributed by atoms with Crippen molar-refractivity contribution in [1.82, 2.24) is 0 Å². The molecule has 0 aliphatic carbocycles. The molecule has 0 N–H and O–H groups in total. The topological polar surface area (TPSA) is 74.0 Å². The van der Waals surface area contributed by atoms with Gasteiger partial charge in [-0.05, 0) is 29.7 Å². The van der Waals surface area contributed by atoms with Crippen molar-refractivity contribution in [3.63, 3.8) is 0 Å². The monoisotopic (exact) mass is 374 g/mol. The van der Waals surface area contributed by atoms with E-state index in [9.17, 15) is 10.1 Å². The van der Waals surface area contributed by atoms with Crippen LogP contribution in [0.15, 0.2) is 53.5 Å². The van der Waals surface area contributed by atoms with Gasteiger partial charge >= 0.3 is 0 Å². The van der Waals surface area contributed by atoms with E-state index in [2.05, 4.69) is 4.99 Å². The third-order valence-corrected chi connectivity index (χ3v) is 4.60. The van der Waals surface area contributed by atoms with E-state index in [0.717, 1.165) is 17.7 Å². The summed E-state index contributed by atoms with van der Waals surface area (Å²) in [6.07, 6.45) is 3.11. The van der Waals surface area contributed by atoms with Gasteiger partial charge < -0.3 is 9.47 Å². The first-order valence-electron chi connectivity index (χ1n) is 8.32. The average Bonchev–Trinajstić information content (AvgIpc) is 3.15. The van der Waals surface area contributed by atoms with E-state index in [1.807, 2.05) is 24.3 Å². The predicted molar refractivity (Wildman–Crippen MR) is 100 cm³/mol. The summed E-state index contributed by atoms with van der Waals surface area (Å²) in [7, 11) is 0. The van der Waals surface area contributed by atoms with Crippen LogP contribution in [-0.2, 0) is 15.9 Å². The highest BCUT2D eigenvalue weighted by atomic mass is 35.5. The molecule has 3 rings (SSSR count). The number of aliphatic imine (C=N–C) groups is 1. The fraction of sp³-hybridized carbons (Fsp3) is 0.316. The first-order valence-corrected chi connectivity index (χ1v) is 8.85. The van der Waals surface area contributed by atoms with E-state index >= 15 is 0 Å². The van der Waals surface area contributed by atoms with Crippen LogP contribution in [0.5, 0.6) is 0 Å². The van der Waals surface area contributed by atoms with Gasteiger partial charge in [-0.25, -0.2) is 0 Å². The van der Waals surface area contributed by atoms with Gasteiger partial charge in [0.15, 0.2) is 5.79 Å². The molecule has 0 spiro atoms. The van der Waals surface area contributed by atoms with Gasteiger partial charge in [0.1, 0.15) is 0 Å². The number of alkyl halides is 1. The van der Waals surface area contributed by atoms with Crippen LogP contribution in [0.25, 0.3) is 0 Å². The molecule has 136 valence electrons. The molecule has 26 heavy (non-hydrogen) atoms. The Kier molecular flexibility index (Phi) is 5.98. The van der Waals surface area contributed by atoms with E-state index in [0.29, 0.717) is 31.1 Å². The summed E-state index contributed by atoms with van der Waals surface area (Å²) >= 11 is 5.97. The number of ether oxygens (including phenoxy) is 2. The average molecular weight is 375 g/mol. The van der Waals surface area contributed by atoms with Gasteiger partial charge in [-0.1, -0.05) is 24.3 Å². The Hall–Kier alpha value is -2.28. The van der Waals surface area contributed by atoms with Crippen LogP contribution in [0.4, 0.5) is 11.4 Å². The van der Waals surface area contributed by atoms with Crippen molar-refractivity contribution in [3.05, 3.63) is 69.8 Å². The molecule has 0 bridgehead atoms. The van der Waals surface area contributed by atoms with Crippen molar-refractivity contribution < 1.29 is 14.4 Å². The lowest BCUT2D eigenvalue weighted by Gasteiger charge is -2.24. The summed E-state index contributed by atoms with van der Waals surface area (Å²) < 4.78 is 11.2. The van der Waals surface area contributed by atoms with E-state index in [1.165, 1.54) is 12.1 Å². The third kappa shape index (κ3) is 4.66. The second kappa shape index (κ2) is 8.40. The Morgan fingerprint density at radius 3 is 2.58 bits per heavy atom. The molecular formula is C19H19ClN2O4. The van der Waals surface area contributed by atoms with Gasteiger partial charge in [-0.2, -0.15) is 0 Å². The van der Waals surface area contributed by atoms with Crippen LogP contribution >= 0.6 is 11.6 Å². The van der Waals surface area contributed by atoms with Crippen LogP contribution in [0.2, 0.25) is 0 Å². The lowest BCUT2D eigenvalue weighted by Crippen LogP contribution is -2.32. The SMILES string of the molecule is O=[N+]([O-])c1cccc(C=Nc2ccc(CCC3(CCl)OCCO3)cc2)c1. The number of benzene rings is 2. The fourth-order valence-corrected chi connectivity index (χ4v) is 3.02. The summed E-state index contributed by atoms with van der Waals surface area (Å²) in [5.41, 5.74) is 2.65. The normalized spacial score (nSPS) is 16.2. The van der Waals surface area contributed by atoms with Crippen molar-refractivity contribution in [2.24, 2.45) is 4.99 Å². The van der Waals surface area contributed by atoms with Crippen LogP contribution < -0.4 is 0 Å². The minimum atomic E-state index is -0.666. The van der Waals surface area contributed by atoms with Crippen molar-refractivity contribution in [3.8, 4) is 0 Å². The number of aryl methyl sites for hydroxylation is 1. The molecule has 2 aromatic carbocycles. The third-order valence-electron chi connectivity index (χ3n) is 4.19. The Labute approximate surface area is 156 Å². The van der Waals surface area contributed by atoms with Crippen LogP contribution in [0.1, 0.15) is 17.5 Å². The maximum atomic E-state index is 10.8. The molecule has 6 nitrogen and oxygen atoms in total. The molecule has 2 aromatic rings. The zero-order valence-corrected chi connectivity index (χ0v) is 14.9. The molecule has 0 saturated carbocycles. The molecular weight excluding hydrogens is 356 g/mol. The second-order valence-electron chi connectivity index (χ2n) is 6.02. The van der Waals surface area contributed by atoms with Gasteiger partial charge in [-0.15, -0.1) is 11.6 Å². The lowest BCUT2D eigenvalue weighted by molar-refractivity contribution is -0.384. The van der Waals surface area contributed by atoms with Gasteiger partial charge in [0.2, 0.25) is 0 Å². The number of nitro benzene ring substituents is 1. The van der Waals surface area contributed by atoms with E-state index in [1.54, 1.807) is 18.3 Å². The quantitative estimate of drug-likeness (QED) is 0.314. The molecule has 0 radical (unpaired) electrons. The van der Waals surface area contributed by atoms with Gasteiger partial charge in [0.25, 0.3) is 5.69 Å². The zero-order valence-electron chi connectivity index (χ0n) is 14.1. The summed E-state index contributed by atoms with van der Waals surface area (Å²) in [6.45, 7) is 1.16. The molecule has 0 aromatic heterocycles. The molecule has 7 heteroatoms. The minimum absolute atomic E-state index is 0.0499. The Bertz CT molecular complexity index is 786. The highest BCUT2D eigenvalue weighted by molar-refractivity contribution is 6.18. The zero-order chi connectivity index (χ0) is 18.4. The van der Waals surface area contributed by atoms with E-state index < -0.39 is 10.7 Å². The first kappa shape index (κ1) is 18.5. The van der Waals surface area contributed by atoms with Crippen LogP contribution in [0, 0.1) is 10.1 Å². The van der Waals surface area contributed by atoms with Crippen LogP contribution in [-0.4, -0.2) is 36.0 Å². The molecule has 0 unspecified atom stereocenters. The second-order valence-corrected chi connectivity index (χ2v) is 6.29.